The van der Waals surface area contributed by atoms with Gasteiger partial charge in [0.15, 0.2) is 0 Å². The van der Waals surface area contributed by atoms with E-state index in [0.29, 0.717) is 5.92 Å². The van der Waals surface area contributed by atoms with E-state index in [1.165, 1.54) is 0 Å². The van der Waals surface area contributed by atoms with Crippen molar-refractivity contribution in [1.82, 2.24) is 5.32 Å². The first-order valence-corrected chi connectivity index (χ1v) is 3.82. The summed E-state index contributed by atoms with van der Waals surface area (Å²) in [6, 6.07) is 0. The summed E-state index contributed by atoms with van der Waals surface area (Å²) in [5.74, 6) is 0.492. The number of hydrogen-bond donors (Lipinski definition) is 1. The predicted molar refractivity (Wildman–Crippen MR) is 40.5 cm³/mol. The van der Waals surface area contributed by atoms with E-state index in [1.807, 2.05) is 6.92 Å². The summed E-state index contributed by atoms with van der Waals surface area (Å²) in [5, 5.41) is 3.24. The molecule has 0 saturated carbocycles. The van der Waals surface area contributed by atoms with E-state index >= 15 is 0 Å². The van der Waals surface area contributed by atoms with Crippen molar-refractivity contribution in [3.63, 3.8) is 0 Å². The highest BCUT2D eigenvalue weighted by Crippen LogP contribution is 2.20. The fourth-order valence-electron chi connectivity index (χ4n) is 1.37. The Morgan fingerprint density at radius 1 is 1.50 bits per heavy atom. The zero-order chi connectivity index (χ0) is 7.40. The van der Waals surface area contributed by atoms with E-state index in [2.05, 4.69) is 5.32 Å². The molecule has 0 aliphatic carbocycles. The Kier molecular flexibility index (Phi) is 2.87. The van der Waals surface area contributed by atoms with E-state index < -0.39 is 0 Å². The molecule has 0 spiro atoms. The summed E-state index contributed by atoms with van der Waals surface area (Å²) in [5.41, 5.74) is 0.904. The summed E-state index contributed by atoms with van der Waals surface area (Å²) in [4.78, 5) is 0. The van der Waals surface area contributed by atoms with Gasteiger partial charge in [-0.15, -0.1) is 0 Å². The van der Waals surface area contributed by atoms with Crippen LogP contribution in [-0.4, -0.2) is 13.1 Å². The van der Waals surface area contributed by atoms with Crippen LogP contribution in [-0.2, 0) is 0 Å². The predicted octanol–water partition coefficient (Wildman–Crippen LogP) is 1.86. The van der Waals surface area contributed by atoms with Crippen LogP contribution >= 0.6 is 0 Å². The Morgan fingerprint density at radius 2 is 2.10 bits per heavy atom. The van der Waals surface area contributed by atoms with Gasteiger partial charge in [-0.1, -0.05) is 0 Å². The van der Waals surface area contributed by atoms with Crippen LogP contribution < -0.4 is 5.32 Å². The Labute approximate surface area is 61.3 Å². The number of piperidine rings is 1. The summed E-state index contributed by atoms with van der Waals surface area (Å²) in [7, 11) is 0. The smallest absolute Gasteiger partial charge is 0.0858 e. The van der Waals surface area contributed by atoms with Gasteiger partial charge in [0.25, 0.3) is 0 Å². The molecule has 0 aromatic heterocycles. The summed E-state index contributed by atoms with van der Waals surface area (Å²) >= 11 is 0. The maximum atomic E-state index is 12.0. The Bertz CT molecular complexity index is 125. The third-order valence-corrected chi connectivity index (χ3v) is 2.16. The minimum absolute atomic E-state index is 0.492. The molecule has 1 nitrogen and oxygen atoms in total. The van der Waals surface area contributed by atoms with Crippen molar-refractivity contribution in [3.05, 3.63) is 11.9 Å². The molecular weight excluding hydrogens is 129 g/mol. The largest absolute Gasteiger partial charge is 0.317 e. The first-order chi connectivity index (χ1) is 4.84. The lowest BCUT2D eigenvalue weighted by atomic mass is 9.92. The van der Waals surface area contributed by atoms with Gasteiger partial charge in [-0.05, 0) is 44.3 Å². The normalized spacial score (nSPS) is 23.2. The lowest BCUT2D eigenvalue weighted by Gasteiger charge is -2.22. The van der Waals surface area contributed by atoms with Crippen LogP contribution in [0.5, 0.6) is 0 Å². The molecule has 1 aliphatic rings. The van der Waals surface area contributed by atoms with Crippen molar-refractivity contribution in [3.8, 4) is 0 Å². The molecule has 58 valence electrons. The highest BCUT2D eigenvalue weighted by atomic mass is 19.1. The van der Waals surface area contributed by atoms with Gasteiger partial charge in [-0.3, -0.25) is 0 Å². The number of hydrogen-bond acceptors (Lipinski definition) is 1. The summed E-state index contributed by atoms with van der Waals surface area (Å²) in [6.45, 7) is 3.95. The van der Waals surface area contributed by atoms with E-state index in [4.69, 9.17) is 0 Å². The van der Waals surface area contributed by atoms with Crippen LogP contribution in [0.15, 0.2) is 11.9 Å². The first-order valence-electron chi connectivity index (χ1n) is 3.82. The summed E-state index contributed by atoms with van der Waals surface area (Å²) in [6.07, 6.45) is 2.93. The number of nitrogens with one attached hydrogen (secondary N) is 1. The van der Waals surface area contributed by atoms with Gasteiger partial charge in [0.1, 0.15) is 0 Å². The van der Waals surface area contributed by atoms with Crippen LogP contribution in [0.4, 0.5) is 4.39 Å². The maximum Gasteiger partial charge on any atom is 0.0858 e. The number of allylic oxidation sites excluding steroid dienone is 1. The molecule has 0 bridgehead atoms. The van der Waals surface area contributed by atoms with Crippen molar-refractivity contribution in [1.29, 1.82) is 0 Å². The average molecular weight is 143 g/mol. The third-order valence-electron chi connectivity index (χ3n) is 2.16. The zero-order valence-corrected chi connectivity index (χ0v) is 6.36. The first kappa shape index (κ1) is 7.73. The molecule has 2 heteroatoms. The van der Waals surface area contributed by atoms with E-state index in [-0.39, 0.29) is 0 Å². The van der Waals surface area contributed by atoms with Gasteiger partial charge in [0.05, 0.1) is 6.33 Å². The maximum absolute atomic E-state index is 12.0. The van der Waals surface area contributed by atoms with Crippen LogP contribution in [0.3, 0.4) is 0 Å². The topological polar surface area (TPSA) is 12.0 Å². The second-order valence-corrected chi connectivity index (χ2v) is 2.88. The van der Waals surface area contributed by atoms with Crippen LogP contribution in [0.2, 0.25) is 0 Å². The molecule has 1 aliphatic heterocycles. The molecule has 10 heavy (non-hydrogen) atoms. The van der Waals surface area contributed by atoms with E-state index in [0.717, 1.165) is 37.8 Å². The van der Waals surface area contributed by atoms with Crippen LogP contribution in [0, 0.1) is 5.92 Å². The standard InChI is InChI=1S/C8H14FN/c1-7(6-9)8-2-4-10-5-3-8/h6,8,10H,2-5H2,1H3/b7-6-. The second-order valence-electron chi connectivity index (χ2n) is 2.88. The minimum Gasteiger partial charge on any atom is -0.317 e. The van der Waals surface area contributed by atoms with Crippen LogP contribution in [0.1, 0.15) is 19.8 Å². The van der Waals surface area contributed by atoms with Crippen molar-refractivity contribution in [2.45, 2.75) is 19.8 Å². The molecule has 0 unspecified atom stereocenters. The molecule has 0 aromatic rings. The molecule has 0 aromatic carbocycles. The van der Waals surface area contributed by atoms with Crippen molar-refractivity contribution in [2.24, 2.45) is 5.92 Å². The molecule has 1 saturated heterocycles. The molecule has 0 amide bonds. The highest BCUT2D eigenvalue weighted by molar-refractivity contribution is 5.00. The van der Waals surface area contributed by atoms with E-state index in [1.54, 1.807) is 0 Å². The average Bonchev–Trinajstić information content (AvgIpc) is 2.05. The molecule has 0 atom stereocenters. The fraction of sp³-hybridized carbons (Fsp3) is 0.750. The molecule has 0 radical (unpaired) electrons. The highest BCUT2D eigenvalue weighted by Gasteiger charge is 2.13. The molecule has 1 heterocycles. The number of halogens is 1. The third kappa shape index (κ3) is 1.81. The van der Waals surface area contributed by atoms with Gasteiger partial charge >= 0.3 is 0 Å². The Hall–Kier alpha value is -0.370. The van der Waals surface area contributed by atoms with Crippen molar-refractivity contribution < 1.29 is 4.39 Å². The molecule has 1 rings (SSSR count). The molecule has 1 N–H and O–H groups in total. The monoisotopic (exact) mass is 143 g/mol. The Balaban J connectivity index is 2.39. The summed E-state index contributed by atoms with van der Waals surface area (Å²) < 4.78 is 12.0. The minimum atomic E-state index is 0.492. The lowest BCUT2D eigenvalue weighted by Crippen LogP contribution is -2.28. The van der Waals surface area contributed by atoms with Gasteiger partial charge in [0, 0.05) is 0 Å². The zero-order valence-electron chi connectivity index (χ0n) is 6.36. The quantitative estimate of drug-likeness (QED) is 0.590. The van der Waals surface area contributed by atoms with Crippen molar-refractivity contribution >= 4 is 0 Å². The van der Waals surface area contributed by atoms with Gasteiger partial charge < -0.3 is 5.32 Å². The Morgan fingerprint density at radius 3 is 2.60 bits per heavy atom. The number of rotatable bonds is 1. The SMILES string of the molecule is C/C(=C/F)C1CCNCC1. The lowest BCUT2D eigenvalue weighted by molar-refractivity contribution is 0.414. The molecule has 1 fully saturated rings. The molecular formula is C8H14FN. The van der Waals surface area contributed by atoms with Gasteiger partial charge in [0.2, 0.25) is 0 Å². The fourth-order valence-corrected chi connectivity index (χ4v) is 1.37. The van der Waals surface area contributed by atoms with Gasteiger partial charge in [-0.2, -0.15) is 0 Å². The van der Waals surface area contributed by atoms with Crippen molar-refractivity contribution in [2.75, 3.05) is 13.1 Å². The van der Waals surface area contributed by atoms with Crippen LogP contribution in [0.25, 0.3) is 0 Å². The second kappa shape index (κ2) is 3.71. The van der Waals surface area contributed by atoms with E-state index in [9.17, 15) is 4.39 Å². The van der Waals surface area contributed by atoms with Gasteiger partial charge in [-0.25, -0.2) is 4.39 Å².